The third-order valence-electron chi connectivity index (χ3n) is 1.77. The molecule has 0 spiro atoms. The predicted octanol–water partition coefficient (Wildman–Crippen LogP) is 2.83. The Morgan fingerprint density at radius 2 is 2.13 bits per heavy atom. The number of alkyl halides is 2. The minimum atomic E-state index is -2.86. The van der Waals surface area contributed by atoms with Crippen LogP contribution in [0.4, 0.5) is 8.78 Å². The second-order valence-electron chi connectivity index (χ2n) is 3.32. The molecule has 5 heteroatoms. The summed E-state index contributed by atoms with van der Waals surface area (Å²) in [5.41, 5.74) is 6.50. The Kier molecular flexibility index (Phi) is 4.29. The molecule has 2 nitrogen and oxygen atoms in total. The molecule has 0 aliphatic carbocycles. The lowest BCUT2D eigenvalue weighted by atomic mass is 10.1. The maximum atomic E-state index is 11.9. The van der Waals surface area contributed by atoms with Crippen LogP contribution in [0.2, 0.25) is 5.02 Å². The van der Waals surface area contributed by atoms with Gasteiger partial charge in [-0.25, -0.2) is 0 Å². The van der Waals surface area contributed by atoms with Crippen molar-refractivity contribution in [3.05, 3.63) is 28.8 Å². The van der Waals surface area contributed by atoms with E-state index in [0.29, 0.717) is 6.42 Å². The third kappa shape index (κ3) is 4.01. The monoisotopic (exact) mass is 235 g/mol. The average Bonchev–Trinajstić information content (AvgIpc) is 2.08. The molecule has 1 aromatic rings. The van der Waals surface area contributed by atoms with Crippen molar-refractivity contribution in [3.63, 3.8) is 0 Å². The van der Waals surface area contributed by atoms with Crippen molar-refractivity contribution in [3.8, 4) is 5.75 Å². The summed E-state index contributed by atoms with van der Waals surface area (Å²) in [6, 6.07) is 4.69. The van der Waals surface area contributed by atoms with Crippen molar-refractivity contribution in [2.24, 2.45) is 5.73 Å². The fourth-order valence-electron chi connectivity index (χ4n) is 1.23. The number of benzene rings is 1. The van der Waals surface area contributed by atoms with E-state index in [1.54, 1.807) is 12.1 Å². The molecule has 0 bridgehead atoms. The topological polar surface area (TPSA) is 35.2 Å². The zero-order valence-corrected chi connectivity index (χ0v) is 8.97. The normalized spacial score (nSPS) is 12.9. The van der Waals surface area contributed by atoms with Gasteiger partial charge in [-0.2, -0.15) is 8.78 Å². The molecule has 0 amide bonds. The number of rotatable bonds is 4. The van der Waals surface area contributed by atoms with Crippen molar-refractivity contribution in [2.75, 3.05) is 0 Å². The summed E-state index contributed by atoms with van der Waals surface area (Å²) < 4.78 is 28.0. The highest BCUT2D eigenvalue weighted by molar-refractivity contribution is 6.32. The maximum absolute atomic E-state index is 11.9. The quantitative estimate of drug-likeness (QED) is 0.871. The molecule has 0 radical (unpaired) electrons. The van der Waals surface area contributed by atoms with Gasteiger partial charge >= 0.3 is 6.61 Å². The first-order chi connectivity index (χ1) is 6.99. The van der Waals surface area contributed by atoms with Crippen molar-refractivity contribution >= 4 is 11.6 Å². The Hall–Kier alpha value is -0.870. The first-order valence-corrected chi connectivity index (χ1v) is 4.85. The second kappa shape index (κ2) is 5.28. The minimum absolute atomic E-state index is 0.00272. The van der Waals surface area contributed by atoms with E-state index in [0.717, 1.165) is 5.56 Å². The molecule has 0 heterocycles. The van der Waals surface area contributed by atoms with E-state index in [4.69, 9.17) is 17.3 Å². The Balaban J connectivity index is 2.78. The molecule has 0 aromatic heterocycles. The highest BCUT2D eigenvalue weighted by atomic mass is 35.5. The minimum Gasteiger partial charge on any atom is -0.433 e. The van der Waals surface area contributed by atoms with Crippen LogP contribution in [0.5, 0.6) is 5.75 Å². The Morgan fingerprint density at radius 1 is 1.47 bits per heavy atom. The van der Waals surface area contributed by atoms with Crippen molar-refractivity contribution < 1.29 is 13.5 Å². The first-order valence-electron chi connectivity index (χ1n) is 4.48. The molecule has 2 N–H and O–H groups in total. The zero-order valence-electron chi connectivity index (χ0n) is 8.21. The van der Waals surface area contributed by atoms with Crippen molar-refractivity contribution in [1.82, 2.24) is 0 Å². The molecule has 84 valence electrons. The summed E-state index contributed by atoms with van der Waals surface area (Å²) in [7, 11) is 0. The summed E-state index contributed by atoms with van der Waals surface area (Å²) >= 11 is 5.76. The molecule has 0 saturated heterocycles. The molecule has 1 aromatic carbocycles. The second-order valence-corrected chi connectivity index (χ2v) is 3.73. The number of ether oxygens (including phenoxy) is 1. The van der Waals surface area contributed by atoms with Gasteiger partial charge in [-0.15, -0.1) is 0 Å². The van der Waals surface area contributed by atoms with Crippen LogP contribution in [0.25, 0.3) is 0 Å². The fourth-order valence-corrected chi connectivity index (χ4v) is 1.48. The van der Waals surface area contributed by atoms with Gasteiger partial charge in [0.25, 0.3) is 0 Å². The molecule has 0 aliphatic heterocycles. The van der Waals surface area contributed by atoms with E-state index in [1.807, 2.05) is 6.92 Å². The summed E-state index contributed by atoms with van der Waals surface area (Å²) in [5, 5.41) is 0.174. The van der Waals surface area contributed by atoms with E-state index in [-0.39, 0.29) is 16.8 Å². The van der Waals surface area contributed by atoms with Gasteiger partial charge in [0.05, 0.1) is 5.02 Å². The maximum Gasteiger partial charge on any atom is 0.387 e. The van der Waals surface area contributed by atoms with Crippen molar-refractivity contribution in [1.29, 1.82) is 0 Å². The average molecular weight is 236 g/mol. The number of hydrogen-bond donors (Lipinski definition) is 1. The first kappa shape index (κ1) is 12.2. The van der Waals surface area contributed by atoms with E-state index in [1.165, 1.54) is 6.07 Å². The highest BCUT2D eigenvalue weighted by Gasteiger charge is 2.09. The van der Waals surface area contributed by atoms with E-state index in [9.17, 15) is 8.78 Å². The molecule has 0 fully saturated rings. The van der Waals surface area contributed by atoms with Crippen LogP contribution < -0.4 is 10.5 Å². The third-order valence-corrected chi connectivity index (χ3v) is 2.07. The van der Waals surface area contributed by atoms with Gasteiger partial charge in [-0.3, -0.25) is 0 Å². The molecule has 1 atom stereocenters. The number of hydrogen-bond acceptors (Lipinski definition) is 2. The van der Waals surface area contributed by atoms with Crippen LogP contribution >= 0.6 is 11.6 Å². The predicted molar refractivity (Wildman–Crippen MR) is 55.4 cm³/mol. The molecular weight excluding hydrogens is 224 g/mol. The lowest BCUT2D eigenvalue weighted by Gasteiger charge is -2.09. The summed E-state index contributed by atoms with van der Waals surface area (Å²) in [5.74, 6) is -0.0138. The van der Waals surface area contributed by atoms with Crippen LogP contribution in [0.1, 0.15) is 12.5 Å². The summed E-state index contributed by atoms with van der Waals surface area (Å²) in [6.07, 6.45) is 0.647. The van der Waals surface area contributed by atoms with Crippen LogP contribution in [-0.2, 0) is 6.42 Å². The molecule has 1 unspecified atom stereocenters. The number of nitrogens with two attached hydrogens (primary N) is 1. The fraction of sp³-hybridized carbons (Fsp3) is 0.400. The largest absolute Gasteiger partial charge is 0.433 e. The van der Waals surface area contributed by atoms with Crippen LogP contribution in [0.15, 0.2) is 18.2 Å². The van der Waals surface area contributed by atoms with Crippen LogP contribution in [0.3, 0.4) is 0 Å². The van der Waals surface area contributed by atoms with E-state index in [2.05, 4.69) is 4.74 Å². The molecular formula is C10H12ClF2NO. The lowest BCUT2D eigenvalue weighted by molar-refractivity contribution is -0.0497. The smallest absolute Gasteiger partial charge is 0.387 e. The Morgan fingerprint density at radius 3 is 2.60 bits per heavy atom. The molecule has 15 heavy (non-hydrogen) atoms. The van der Waals surface area contributed by atoms with Crippen LogP contribution in [-0.4, -0.2) is 12.7 Å². The van der Waals surface area contributed by atoms with Gasteiger partial charge in [0.2, 0.25) is 0 Å². The Labute approximate surface area is 92.0 Å². The molecule has 0 saturated carbocycles. The highest BCUT2D eigenvalue weighted by Crippen LogP contribution is 2.27. The van der Waals surface area contributed by atoms with Gasteiger partial charge < -0.3 is 10.5 Å². The van der Waals surface area contributed by atoms with Gasteiger partial charge in [-0.1, -0.05) is 17.7 Å². The van der Waals surface area contributed by atoms with Crippen LogP contribution in [0, 0.1) is 0 Å². The van der Waals surface area contributed by atoms with Gasteiger partial charge in [-0.05, 0) is 31.0 Å². The SMILES string of the molecule is CC(N)Cc1ccc(OC(F)F)c(Cl)c1. The van der Waals surface area contributed by atoms with Gasteiger partial charge in [0.15, 0.2) is 0 Å². The Bertz CT molecular complexity index is 331. The summed E-state index contributed by atoms with van der Waals surface area (Å²) in [6.45, 7) is -1.00. The van der Waals surface area contributed by atoms with E-state index < -0.39 is 6.61 Å². The summed E-state index contributed by atoms with van der Waals surface area (Å²) in [4.78, 5) is 0. The van der Waals surface area contributed by atoms with Gasteiger partial charge in [0.1, 0.15) is 5.75 Å². The van der Waals surface area contributed by atoms with Gasteiger partial charge in [0, 0.05) is 6.04 Å². The van der Waals surface area contributed by atoms with Crippen molar-refractivity contribution in [2.45, 2.75) is 26.0 Å². The molecule has 1 rings (SSSR count). The van der Waals surface area contributed by atoms with E-state index >= 15 is 0 Å². The molecule has 0 aliphatic rings. The lowest BCUT2D eigenvalue weighted by Crippen LogP contribution is -2.17. The number of halogens is 3. The zero-order chi connectivity index (χ0) is 11.4. The standard InChI is InChI=1S/C10H12ClF2NO/c1-6(14)4-7-2-3-9(8(11)5-7)15-10(12)13/h2-3,5-6,10H,4,14H2,1H3.